The summed E-state index contributed by atoms with van der Waals surface area (Å²) in [5, 5.41) is 2.90. The van der Waals surface area contributed by atoms with Crippen molar-refractivity contribution in [2.45, 2.75) is 39.5 Å². The lowest BCUT2D eigenvalue weighted by molar-refractivity contribution is -0.129. The first-order chi connectivity index (χ1) is 12.1. The molecule has 1 fully saturated rings. The summed E-state index contributed by atoms with van der Waals surface area (Å²) < 4.78 is 4.95. The first-order valence-electron chi connectivity index (χ1n) is 9.21. The molecule has 0 atom stereocenters. The van der Waals surface area contributed by atoms with Crippen LogP contribution >= 0.6 is 0 Å². The number of nitrogens with one attached hydrogen (secondary N) is 1. The van der Waals surface area contributed by atoms with Gasteiger partial charge in [-0.25, -0.2) is 0 Å². The SMILES string of the molecule is CCN(C(=O)C1CCC(C(=O)NCCOC)CC1)c1cccc(C)c1. The van der Waals surface area contributed by atoms with E-state index in [9.17, 15) is 9.59 Å². The molecule has 0 saturated heterocycles. The van der Waals surface area contributed by atoms with Gasteiger partial charge in [0.25, 0.3) is 0 Å². The quantitative estimate of drug-likeness (QED) is 0.772. The standard InChI is InChI=1S/C20H30N2O3/c1-4-22(18-7-5-6-15(2)14-18)20(24)17-10-8-16(9-11-17)19(23)21-12-13-25-3/h5-7,14,16-17H,4,8-13H2,1-3H3,(H,21,23). The number of methoxy groups -OCH3 is 1. The second-order valence-electron chi connectivity index (χ2n) is 6.75. The van der Waals surface area contributed by atoms with Crippen molar-refractivity contribution in [2.75, 3.05) is 31.7 Å². The molecule has 1 saturated carbocycles. The molecule has 1 aliphatic rings. The number of rotatable bonds is 7. The zero-order valence-electron chi connectivity index (χ0n) is 15.6. The molecule has 2 amide bonds. The lowest BCUT2D eigenvalue weighted by Crippen LogP contribution is -2.40. The van der Waals surface area contributed by atoms with Crippen LogP contribution in [0.5, 0.6) is 0 Å². The number of aryl methyl sites for hydroxylation is 1. The highest BCUT2D eigenvalue weighted by Gasteiger charge is 2.32. The van der Waals surface area contributed by atoms with E-state index in [1.807, 2.05) is 36.9 Å². The second kappa shape index (κ2) is 9.56. The van der Waals surface area contributed by atoms with Gasteiger partial charge in [-0.15, -0.1) is 0 Å². The summed E-state index contributed by atoms with van der Waals surface area (Å²) in [4.78, 5) is 26.9. The fraction of sp³-hybridized carbons (Fsp3) is 0.600. The molecule has 1 aliphatic carbocycles. The van der Waals surface area contributed by atoms with E-state index >= 15 is 0 Å². The van der Waals surface area contributed by atoms with Crippen molar-refractivity contribution in [1.29, 1.82) is 0 Å². The molecule has 25 heavy (non-hydrogen) atoms. The van der Waals surface area contributed by atoms with Crippen LogP contribution in [0.4, 0.5) is 5.69 Å². The third-order valence-electron chi connectivity index (χ3n) is 4.95. The normalized spacial score (nSPS) is 20.1. The van der Waals surface area contributed by atoms with Crippen LogP contribution in [0.15, 0.2) is 24.3 Å². The first-order valence-corrected chi connectivity index (χ1v) is 9.21. The number of nitrogens with zero attached hydrogens (tertiary/aromatic N) is 1. The molecule has 1 aromatic rings. The van der Waals surface area contributed by atoms with E-state index in [1.165, 1.54) is 0 Å². The Morgan fingerprint density at radius 3 is 2.48 bits per heavy atom. The van der Waals surface area contributed by atoms with Crippen molar-refractivity contribution in [3.63, 3.8) is 0 Å². The van der Waals surface area contributed by atoms with E-state index in [-0.39, 0.29) is 23.7 Å². The molecule has 1 aromatic carbocycles. The summed E-state index contributed by atoms with van der Waals surface area (Å²) in [6, 6.07) is 8.07. The Morgan fingerprint density at radius 2 is 1.88 bits per heavy atom. The number of anilines is 1. The van der Waals surface area contributed by atoms with Crippen molar-refractivity contribution in [3.8, 4) is 0 Å². The van der Waals surface area contributed by atoms with Crippen LogP contribution in [0.2, 0.25) is 0 Å². The first kappa shape index (κ1) is 19.4. The Labute approximate surface area is 150 Å². The van der Waals surface area contributed by atoms with Crippen molar-refractivity contribution in [1.82, 2.24) is 5.32 Å². The van der Waals surface area contributed by atoms with E-state index in [0.29, 0.717) is 19.7 Å². The average Bonchev–Trinajstić information content (AvgIpc) is 2.62. The summed E-state index contributed by atoms with van der Waals surface area (Å²) in [7, 11) is 1.62. The predicted octanol–water partition coefficient (Wildman–Crippen LogP) is 2.92. The largest absolute Gasteiger partial charge is 0.383 e. The Bertz CT molecular complexity index is 580. The van der Waals surface area contributed by atoms with Crippen LogP contribution in [-0.4, -0.2) is 38.6 Å². The predicted molar refractivity (Wildman–Crippen MR) is 99.5 cm³/mol. The molecule has 138 valence electrons. The lowest BCUT2D eigenvalue weighted by atomic mass is 9.81. The van der Waals surface area contributed by atoms with Crippen molar-refractivity contribution in [3.05, 3.63) is 29.8 Å². The van der Waals surface area contributed by atoms with Crippen molar-refractivity contribution >= 4 is 17.5 Å². The van der Waals surface area contributed by atoms with E-state index in [4.69, 9.17) is 4.74 Å². The number of benzene rings is 1. The minimum absolute atomic E-state index is 0.0171. The van der Waals surface area contributed by atoms with Crippen LogP contribution in [-0.2, 0) is 14.3 Å². The van der Waals surface area contributed by atoms with Crippen LogP contribution in [0, 0.1) is 18.8 Å². The van der Waals surface area contributed by atoms with Gasteiger partial charge < -0.3 is 15.0 Å². The fourth-order valence-corrected chi connectivity index (χ4v) is 3.51. The van der Waals surface area contributed by atoms with Gasteiger partial charge in [-0.3, -0.25) is 9.59 Å². The van der Waals surface area contributed by atoms with E-state index in [1.54, 1.807) is 7.11 Å². The lowest BCUT2D eigenvalue weighted by Gasteiger charge is -2.31. The number of amides is 2. The molecule has 0 spiro atoms. The third kappa shape index (κ3) is 5.30. The molecule has 5 heteroatoms. The molecule has 0 aromatic heterocycles. The third-order valence-corrected chi connectivity index (χ3v) is 4.95. The van der Waals surface area contributed by atoms with Gasteiger partial charge >= 0.3 is 0 Å². The van der Waals surface area contributed by atoms with Gasteiger partial charge in [0.1, 0.15) is 0 Å². The van der Waals surface area contributed by atoms with E-state index in [2.05, 4.69) is 11.4 Å². The molecule has 0 unspecified atom stereocenters. The fourth-order valence-electron chi connectivity index (χ4n) is 3.51. The van der Waals surface area contributed by atoms with Crippen LogP contribution in [0.25, 0.3) is 0 Å². The molecule has 0 aliphatic heterocycles. The van der Waals surface area contributed by atoms with Gasteiger partial charge in [0, 0.05) is 37.7 Å². The van der Waals surface area contributed by atoms with Gasteiger partial charge in [0.05, 0.1) is 6.61 Å². The minimum Gasteiger partial charge on any atom is -0.383 e. The Morgan fingerprint density at radius 1 is 1.20 bits per heavy atom. The molecule has 0 bridgehead atoms. The number of carbonyl (C=O) groups is 2. The molecular formula is C20H30N2O3. The highest BCUT2D eigenvalue weighted by atomic mass is 16.5. The van der Waals surface area contributed by atoms with Gasteiger partial charge in [-0.2, -0.15) is 0 Å². The number of ether oxygens (including phenoxy) is 1. The summed E-state index contributed by atoms with van der Waals surface area (Å²) in [6.07, 6.45) is 3.12. The number of hydrogen-bond donors (Lipinski definition) is 1. The van der Waals surface area contributed by atoms with Crippen molar-refractivity contribution in [2.24, 2.45) is 11.8 Å². The maximum atomic E-state index is 12.9. The topological polar surface area (TPSA) is 58.6 Å². The highest BCUT2D eigenvalue weighted by Crippen LogP contribution is 2.31. The summed E-state index contributed by atoms with van der Waals surface area (Å²) in [5.74, 6) is 0.318. The number of carbonyl (C=O) groups excluding carboxylic acids is 2. The zero-order valence-corrected chi connectivity index (χ0v) is 15.6. The van der Waals surface area contributed by atoms with Crippen LogP contribution in [0.1, 0.15) is 38.2 Å². The van der Waals surface area contributed by atoms with Gasteiger partial charge in [0.2, 0.25) is 11.8 Å². The average molecular weight is 346 g/mol. The highest BCUT2D eigenvalue weighted by molar-refractivity contribution is 5.95. The summed E-state index contributed by atoms with van der Waals surface area (Å²) in [6.45, 7) is 5.79. The molecular weight excluding hydrogens is 316 g/mol. The van der Waals surface area contributed by atoms with Crippen LogP contribution < -0.4 is 10.2 Å². The Kier molecular flexibility index (Phi) is 7.44. The van der Waals surface area contributed by atoms with Gasteiger partial charge in [-0.1, -0.05) is 12.1 Å². The maximum Gasteiger partial charge on any atom is 0.230 e. The maximum absolute atomic E-state index is 12.9. The Balaban J connectivity index is 1.90. The van der Waals surface area contributed by atoms with Gasteiger partial charge in [0.15, 0.2) is 0 Å². The van der Waals surface area contributed by atoms with E-state index in [0.717, 1.165) is 36.9 Å². The zero-order chi connectivity index (χ0) is 18.2. The second-order valence-corrected chi connectivity index (χ2v) is 6.75. The summed E-state index contributed by atoms with van der Waals surface area (Å²) in [5.41, 5.74) is 2.12. The number of hydrogen-bond acceptors (Lipinski definition) is 3. The smallest absolute Gasteiger partial charge is 0.230 e. The minimum atomic E-state index is 0.0171. The van der Waals surface area contributed by atoms with E-state index < -0.39 is 0 Å². The van der Waals surface area contributed by atoms with Crippen LogP contribution in [0.3, 0.4) is 0 Å². The van der Waals surface area contributed by atoms with Gasteiger partial charge in [-0.05, 0) is 57.2 Å². The monoisotopic (exact) mass is 346 g/mol. The molecule has 0 heterocycles. The van der Waals surface area contributed by atoms with Crippen molar-refractivity contribution < 1.29 is 14.3 Å². The molecule has 2 rings (SSSR count). The molecule has 1 N–H and O–H groups in total. The Hall–Kier alpha value is -1.88. The molecule has 5 nitrogen and oxygen atoms in total. The molecule has 0 radical (unpaired) electrons. The summed E-state index contributed by atoms with van der Waals surface area (Å²) >= 11 is 0.